The van der Waals surface area contributed by atoms with Crippen molar-refractivity contribution in [3.63, 3.8) is 0 Å². The van der Waals surface area contributed by atoms with Crippen molar-refractivity contribution in [2.75, 3.05) is 18.8 Å². The maximum Gasteiger partial charge on any atom is 0.358 e. The van der Waals surface area contributed by atoms with Crippen LogP contribution in [0.3, 0.4) is 0 Å². The number of halogens is 3. The van der Waals surface area contributed by atoms with Gasteiger partial charge in [-0.15, -0.1) is 70.6 Å². The van der Waals surface area contributed by atoms with Gasteiger partial charge in [0.15, 0.2) is 0 Å². The van der Waals surface area contributed by atoms with Crippen molar-refractivity contribution in [3.05, 3.63) is 301 Å². The van der Waals surface area contributed by atoms with Gasteiger partial charge in [0.2, 0.25) is 0 Å². The highest BCUT2D eigenvalue weighted by molar-refractivity contribution is 9.10. The number of fused-ring (bicyclic) bond motifs is 12. The lowest BCUT2D eigenvalue weighted by molar-refractivity contribution is 0.335. The summed E-state index contributed by atoms with van der Waals surface area (Å²) in [7, 11) is -22.6. The van der Waals surface area contributed by atoms with Crippen LogP contribution < -0.4 is 0 Å². The number of oxime groups is 6. The molecule has 0 aliphatic carbocycles. The normalized spacial score (nSPS) is 20.3. The van der Waals surface area contributed by atoms with E-state index >= 15 is 0 Å². The van der Waals surface area contributed by atoms with Gasteiger partial charge in [-0.05, 0) is 190 Å². The van der Waals surface area contributed by atoms with E-state index in [9.17, 15) is 50.5 Å². The Morgan fingerprint density at radius 3 is 1.15 bits per heavy atom. The summed E-state index contributed by atoms with van der Waals surface area (Å²) in [6, 6.07) is 73.1. The Morgan fingerprint density at radius 2 is 0.662 bits per heavy atom. The molecule has 6 aliphatic heterocycles. The van der Waals surface area contributed by atoms with Gasteiger partial charge in [-0.1, -0.05) is 256 Å². The second kappa shape index (κ2) is 44.9. The van der Waals surface area contributed by atoms with Crippen LogP contribution >= 0.6 is 110 Å². The summed E-state index contributed by atoms with van der Waals surface area (Å²) < 4.78 is 172. The molecule has 0 spiro atoms. The first kappa shape index (κ1) is 107. The average molecular weight is 2210 g/mol. The Balaban J connectivity index is 0.000000142. The molecular weight excluding hydrogens is 2110 g/mol. The Morgan fingerprint density at radius 1 is 0.331 bits per heavy atom. The molecule has 0 bridgehead atoms. The van der Waals surface area contributed by atoms with E-state index in [2.05, 4.69) is 154 Å². The van der Waals surface area contributed by atoms with Crippen molar-refractivity contribution >= 4 is 237 Å². The molecule has 139 heavy (non-hydrogen) atoms. The number of nitrogens with zero attached hydrogens (tertiary/aromatic N) is 6. The van der Waals surface area contributed by atoms with Crippen molar-refractivity contribution < 1.29 is 76.2 Å². The van der Waals surface area contributed by atoms with E-state index in [0.717, 1.165) is 135 Å². The highest BCUT2D eigenvalue weighted by Crippen LogP contribution is 2.49. The van der Waals surface area contributed by atoms with Crippen molar-refractivity contribution in [3.8, 4) is 0 Å². The monoisotopic (exact) mass is 2210 g/mol. The van der Waals surface area contributed by atoms with Crippen LogP contribution in [-0.4, -0.2) is 134 Å². The molecule has 18 rings (SSSR count). The van der Waals surface area contributed by atoms with Gasteiger partial charge in [-0.3, -0.25) is 25.7 Å². The minimum Gasteiger partial charge on any atom is -0.268 e. The topological polar surface area (TPSA) is 334 Å². The van der Waals surface area contributed by atoms with Crippen molar-refractivity contribution in [1.29, 1.82) is 0 Å². The van der Waals surface area contributed by atoms with Gasteiger partial charge in [0, 0.05) is 145 Å². The first-order valence-corrected chi connectivity index (χ1v) is 59.8. The van der Waals surface area contributed by atoms with E-state index in [4.69, 9.17) is 40.3 Å². The van der Waals surface area contributed by atoms with Crippen LogP contribution in [0.4, 0.5) is 0 Å². The minimum atomic E-state index is -3.97. The number of thioether (sulfide) groups is 6. The van der Waals surface area contributed by atoms with Crippen LogP contribution in [0.2, 0.25) is 10.0 Å². The van der Waals surface area contributed by atoms with Crippen LogP contribution in [0.1, 0.15) is 145 Å². The molecule has 0 aromatic heterocycles. The largest absolute Gasteiger partial charge is 0.358 e. The number of rotatable bonds is 15. The van der Waals surface area contributed by atoms with Crippen LogP contribution in [0.5, 0.6) is 0 Å². The lowest BCUT2D eigenvalue weighted by Crippen LogP contribution is -2.27. The summed E-state index contributed by atoms with van der Waals surface area (Å²) in [5.74, 6) is 0.134. The lowest BCUT2D eigenvalue weighted by Gasteiger charge is -2.31. The van der Waals surface area contributed by atoms with Crippen LogP contribution in [0, 0.1) is 32.6 Å². The molecule has 0 radical (unpaired) electrons. The summed E-state index contributed by atoms with van der Waals surface area (Å²) >= 11 is 26.0. The van der Waals surface area contributed by atoms with E-state index in [0.29, 0.717) is 80.5 Å². The molecule has 0 amide bonds. The van der Waals surface area contributed by atoms with E-state index in [1.165, 1.54) is 36.4 Å². The van der Waals surface area contributed by atoms with Crippen LogP contribution in [0.15, 0.2) is 316 Å². The van der Waals surface area contributed by atoms with Gasteiger partial charge < -0.3 is 0 Å². The Labute approximate surface area is 857 Å². The van der Waals surface area contributed by atoms with Crippen molar-refractivity contribution in [1.82, 2.24) is 0 Å². The Hall–Kier alpha value is -8.90. The van der Waals surface area contributed by atoms with Gasteiger partial charge >= 0.3 is 60.7 Å². The molecule has 6 unspecified atom stereocenters. The molecule has 6 aliphatic rings. The fraction of sp³-hybridized carbons (Fsp3) is 0.280. The molecule has 0 saturated carbocycles. The third kappa shape index (κ3) is 28.6. The number of hydrogen-bond donors (Lipinski definition) is 0. The van der Waals surface area contributed by atoms with E-state index in [1.54, 1.807) is 119 Å². The average Bonchev–Trinajstić information content (AvgIpc) is 0.743. The van der Waals surface area contributed by atoms with E-state index in [-0.39, 0.29) is 46.5 Å². The van der Waals surface area contributed by atoms with Gasteiger partial charge in [-0.25, -0.2) is 0 Å². The van der Waals surface area contributed by atoms with E-state index in [1.807, 2.05) is 143 Å². The molecule has 6 heterocycles. The lowest BCUT2D eigenvalue weighted by atomic mass is 9.91. The number of benzene rings is 12. The van der Waals surface area contributed by atoms with Gasteiger partial charge in [0.05, 0.1) is 53.0 Å². The highest BCUT2D eigenvalue weighted by Gasteiger charge is 2.38. The zero-order valence-corrected chi connectivity index (χ0v) is 91.3. The molecule has 0 saturated heterocycles. The second-order valence-electron chi connectivity index (χ2n) is 34.9. The van der Waals surface area contributed by atoms with Crippen LogP contribution in [-0.2, 0) is 86.4 Å². The van der Waals surface area contributed by atoms with E-state index < -0.39 is 60.7 Å². The predicted octanol–water partition coefficient (Wildman–Crippen LogP) is 25.5. The zero-order valence-electron chi connectivity index (χ0n) is 78.4. The van der Waals surface area contributed by atoms with Gasteiger partial charge in [0.1, 0.15) is 14.7 Å². The standard InChI is InChI=1S/C22H21NO3S2.C21H19NO3S2.C18H18ClNO3S2.C16H17NO3S2.C12H14ClNO3S2.C11H12BrNO3S2/c1-14-8-11-18(12-9-14)28(24,25)26-23-22-15(2)16(3)27-20-13-10-17-6-4-5-7-19(17)21(20)22;1-14-7-10-17(11-8-14)27(23,24)25-22-19-13-15(2)26-20-12-9-16-5-3-4-6-18(16)21(19)20;1-12-4-7-14(8-5-12)25(21,22)23-20-16-11-18(2,3)24-17-9-6-13(19)10-15(16)17;1-16(2)10-13(17-20-22(3,18)19)15-12-7-5-4-6-11(12)8-9-14(15)21-16;1-7-8(2)18-11-5-4-9(13)6-10(11)12(7)14-17-19(3,15)16;1-7-5-10(13-16-18(2,14)15)9-6-8(12)3-4-11(9)17-7/h4-13,15-16H,1-3H3;3-12,15H,13H2,1-2H3;4-10H,11H2,1-3H3;4-9H,10H2,1-3H3;4-8H,1-3H3;3-4,6-7H,5H2,1-2H3/b23-22+;22-19+;20-16+;17-13+;14-12+;13-10+. The number of aryl methyl sites for hydroxylation is 3. The third-order valence-corrected chi connectivity index (χ3v) is 35.2. The summed E-state index contributed by atoms with van der Waals surface area (Å²) in [6.45, 7) is 26.5. The van der Waals surface area contributed by atoms with Crippen LogP contribution in [0.25, 0.3) is 32.3 Å². The summed E-state index contributed by atoms with van der Waals surface area (Å²) in [4.78, 5) is 6.72. The summed E-state index contributed by atoms with van der Waals surface area (Å²) in [6.07, 6.45) is 5.52. The zero-order chi connectivity index (χ0) is 101. The van der Waals surface area contributed by atoms with Gasteiger partial charge in [0.25, 0.3) is 0 Å². The molecule has 732 valence electrons. The molecule has 24 nitrogen and oxygen atoms in total. The first-order chi connectivity index (χ1) is 65.3. The smallest absolute Gasteiger partial charge is 0.268 e. The Kier molecular flexibility index (Phi) is 34.7. The SMILES string of the molecule is CC1(C)C/C(=N\OS(C)(=O)=O)c2c(ccc3ccccc23)S1.CC1C/C(=N\OS(C)(=O)=O)c2cc(Br)ccc2S1.CC1Sc2ccc(Cl)cc2/C(=N/OS(C)(=O)=O)C1C.Cc1ccc(S(=O)(=O)O/N=C2/c3c(ccc4ccccc34)SC(C)C2C)cc1.Cc1ccc(S(=O)(=O)O/N=C2\CC(C)(C)Sc3ccc(Cl)cc32)cc1.Cc1ccc(S(=O)(=O)O/N=C2\CC(C)Sc3ccc4ccccc4c32)cc1. The molecule has 0 N–H and O–H groups in total. The van der Waals surface area contributed by atoms with Crippen molar-refractivity contribution in [2.45, 2.75) is 190 Å². The number of hydrogen-bond acceptors (Lipinski definition) is 30. The quantitative estimate of drug-likeness (QED) is 0.0860. The summed E-state index contributed by atoms with van der Waals surface area (Å²) in [5.41, 5.74) is 12.3. The summed E-state index contributed by atoms with van der Waals surface area (Å²) in [5, 5.41) is 32.7. The predicted molar refractivity (Wildman–Crippen MR) is 572 cm³/mol. The molecular formula is C100H101BrCl2N6O18S12. The fourth-order valence-corrected chi connectivity index (χ4v) is 26.0. The first-order valence-electron chi connectivity index (χ1n) is 43.5. The maximum absolute atomic E-state index is 12.6. The second-order valence-corrected chi connectivity index (χ2v) is 55.3. The molecule has 39 heteroatoms. The fourth-order valence-electron chi connectivity index (χ4n) is 15.2. The molecule has 12 aromatic carbocycles. The minimum absolute atomic E-state index is 0.0523. The molecule has 12 aromatic rings. The maximum atomic E-state index is 12.6. The molecule has 0 fully saturated rings. The van der Waals surface area contributed by atoms with Crippen molar-refractivity contribution in [2.24, 2.45) is 42.8 Å². The third-order valence-electron chi connectivity index (χ3n) is 22.2. The van der Waals surface area contributed by atoms with Gasteiger partial charge in [-0.2, -0.15) is 50.5 Å². The molecule has 6 atom stereocenters. The highest BCUT2D eigenvalue weighted by atomic mass is 79.9. The Bertz CT molecular complexity index is 7630.